The van der Waals surface area contributed by atoms with Crippen LogP contribution in [0.1, 0.15) is 24.9 Å². The van der Waals surface area contributed by atoms with Crippen molar-refractivity contribution in [2.45, 2.75) is 32.7 Å². The molecule has 0 amide bonds. The van der Waals surface area contributed by atoms with Gasteiger partial charge in [0, 0.05) is 6.42 Å². The summed E-state index contributed by atoms with van der Waals surface area (Å²) in [7, 11) is 0. The van der Waals surface area contributed by atoms with Gasteiger partial charge >= 0.3 is 0 Å². The highest BCUT2D eigenvalue weighted by molar-refractivity contribution is 7.98. The first-order valence-electron chi connectivity index (χ1n) is 5.50. The van der Waals surface area contributed by atoms with Crippen LogP contribution in [0, 0.1) is 12.3 Å². The second-order valence-electron chi connectivity index (χ2n) is 3.60. The van der Waals surface area contributed by atoms with E-state index in [9.17, 15) is 0 Å². The number of imidazole rings is 1. The van der Waals surface area contributed by atoms with Crippen LogP contribution in [-0.4, -0.2) is 21.6 Å². The van der Waals surface area contributed by atoms with Crippen LogP contribution < -0.4 is 5.73 Å². The first-order chi connectivity index (χ1) is 7.74. The van der Waals surface area contributed by atoms with E-state index in [1.165, 1.54) is 0 Å². The van der Waals surface area contributed by atoms with Crippen molar-refractivity contribution in [3.05, 3.63) is 11.5 Å². The third-order valence-electron chi connectivity index (χ3n) is 2.49. The Hall–Kier alpha value is -1.08. The number of nitrogen functional groups attached to an aromatic ring is 1. The van der Waals surface area contributed by atoms with Crippen LogP contribution in [0.3, 0.4) is 0 Å². The molecule has 0 radical (unpaired) electrons. The molecule has 0 bridgehead atoms. The van der Waals surface area contributed by atoms with Gasteiger partial charge in [-0.15, -0.1) is 6.42 Å². The molecule has 0 aliphatic heterocycles. The zero-order chi connectivity index (χ0) is 12.0. The molecule has 0 atom stereocenters. The van der Waals surface area contributed by atoms with E-state index in [4.69, 9.17) is 12.2 Å². The average molecular weight is 237 g/mol. The molecular formula is C12H19N3S. The maximum absolute atomic E-state index is 6.05. The van der Waals surface area contributed by atoms with Gasteiger partial charge < -0.3 is 10.3 Å². The molecule has 1 aromatic heterocycles. The van der Waals surface area contributed by atoms with Crippen LogP contribution in [0.5, 0.6) is 0 Å². The van der Waals surface area contributed by atoms with E-state index in [2.05, 4.69) is 24.1 Å². The maximum Gasteiger partial charge on any atom is 0.127 e. The fourth-order valence-corrected chi connectivity index (χ4v) is 2.11. The van der Waals surface area contributed by atoms with E-state index in [1.807, 2.05) is 16.3 Å². The van der Waals surface area contributed by atoms with Gasteiger partial charge in [0.25, 0.3) is 0 Å². The number of rotatable bonds is 6. The van der Waals surface area contributed by atoms with E-state index >= 15 is 0 Å². The van der Waals surface area contributed by atoms with Gasteiger partial charge in [-0.25, -0.2) is 4.98 Å². The van der Waals surface area contributed by atoms with Gasteiger partial charge in [0.05, 0.1) is 12.2 Å². The summed E-state index contributed by atoms with van der Waals surface area (Å²) in [5.74, 6) is 5.50. The van der Waals surface area contributed by atoms with Crippen molar-refractivity contribution in [2.75, 3.05) is 17.7 Å². The van der Waals surface area contributed by atoms with Crippen molar-refractivity contribution in [2.24, 2.45) is 0 Å². The minimum Gasteiger partial charge on any atom is -0.384 e. The average Bonchev–Trinajstić information content (AvgIpc) is 2.58. The van der Waals surface area contributed by atoms with Crippen LogP contribution in [0.25, 0.3) is 0 Å². The number of anilines is 1. The number of hydrogen-bond acceptors (Lipinski definition) is 3. The molecule has 0 aliphatic rings. The van der Waals surface area contributed by atoms with Gasteiger partial charge in [0.2, 0.25) is 0 Å². The largest absolute Gasteiger partial charge is 0.384 e. The summed E-state index contributed by atoms with van der Waals surface area (Å²) in [6.07, 6.45) is 10.4. The Bertz CT molecular complexity index is 376. The van der Waals surface area contributed by atoms with Crippen molar-refractivity contribution in [3.63, 3.8) is 0 Å². The monoisotopic (exact) mass is 237 g/mol. The van der Waals surface area contributed by atoms with Gasteiger partial charge in [0.15, 0.2) is 0 Å². The fourth-order valence-electron chi connectivity index (χ4n) is 1.67. The Kier molecular flexibility index (Phi) is 5.27. The van der Waals surface area contributed by atoms with Gasteiger partial charge in [-0.1, -0.05) is 12.8 Å². The highest BCUT2D eigenvalue weighted by atomic mass is 32.2. The predicted molar refractivity (Wildman–Crippen MR) is 71.6 cm³/mol. The number of aromatic nitrogens is 2. The van der Waals surface area contributed by atoms with Crippen LogP contribution >= 0.6 is 11.8 Å². The lowest BCUT2D eigenvalue weighted by molar-refractivity contribution is 0.769. The highest BCUT2D eigenvalue weighted by Crippen LogP contribution is 2.17. The third-order valence-corrected chi connectivity index (χ3v) is 3.19. The Labute approximate surface area is 102 Å². The number of hydrogen-bond donors (Lipinski definition) is 1. The minimum absolute atomic E-state index is 0.518. The van der Waals surface area contributed by atoms with Crippen LogP contribution in [0.2, 0.25) is 0 Å². The molecule has 0 aliphatic carbocycles. The van der Waals surface area contributed by atoms with E-state index in [-0.39, 0.29) is 0 Å². The highest BCUT2D eigenvalue weighted by Gasteiger charge is 2.11. The zero-order valence-electron chi connectivity index (χ0n) is 9.99. The summed E-state index contributed by atoms with van der Waals surface area (Å²) < 4.78 is 1.94. The molecule has 4 heteroatoms. The molecule has 0 saturated heterocycles. The Morgan fingerprint density at radius 3 is 2.88 bits per heavy atom. The standard InChI is InChI=1S/C12H19N3S/c1-4-8-15-11(5-2)14-10(12(15)13)7-6-9-16-3/h1H,5-9,13H2,2-3H3. The summed E-state index contributed by atoms with van der Waals surface area (Å²) in [6.45, 7) is 2.59. The molecule has 1 aromatic rings. The van der Waals surface area contributed by atoms with Gasteiger partial charge in [-0.3, -0.25) is 0 Å². The molecule has 1 rings (SSSR count). The quantitative estimate of drug-likeness (QED) is 0.607. The molecule has 0 saturated carbocycles. The Morgan fingerprint density at radius 1 is 1.56 bits per heavy atom. The van der Waals surface area contributed by atoms with Gasteiger partial charge in [-0.05, 0) is 24.9 Å². The second kappa shape index (κ2) is 6.49. The lowest BCUT2D eigenvalue weighted by atomic mass is 10.2. The summed E-state index contributed by atoms with van der Waals surface area (Å²) in [5, 5.41) is 0. The number of aryl methyl sites for hydroxylation is 2. The predicted octanol–water partition coefficient (Wildman–Crippen LogP) is 1.96. The zero-order valence-corrected chi connectivity index (χ0v) is 10.8. The molecule has 3 nitrogen and oxygen atoms in total. The topological polar surface area (TPSA) is 43.8 Å². The molecular weight excluding hydrogens is 218 g/mol. The smallest absolute Gasteiger partial charge is 0.127 e. The number of nitrogens with zero attached hydrogens (tertiary/aromatic N) is 2. The number of terminal acetylenes is 1. The Balaban J connectivity index is 2.82. The van der Waals surface area contributed by atoms with Gasteiger partial charge in [0.1, 0.15) is 11.6 Å². The van der Waals surface area contributed by atoms with Crippen molar-refractivity contribution in [3.8, 4) is 12.3 Å². The van der Waals surface area contributed by atoms with Crippen molar-refractivity contribution in [1.82, 2.24) is 9.55 Å². The Morgan fingerprint density at radius 2 is 2.31 bits per heavy atom. The summed E-state index contributed by atoms with van der Waals surface area (Å²) in [6, 6.07) is 0. The maximum atomic E-state index is 6.05. The minimum atomic E-state index is 0.518. The van der Waals surface area contributed by atoms with E-state index in [1.54, 1.807) is 0 Å². The molecule has 0 unspecified atom stereocenters. The van der Waals surface area contributed by atoms with Gasteiger partial charge in [-0.2, -0.15) is 11.8 Å². The van der Waals surface area contributed by atoms with Crippen molar-refractivity contribution >= 4 is 17.6 Å². The molecule has 2 N–H and O–H groups in total. The first kappa shape index (κ1) is 13.0. The summed E-state index contributed by atoms with van der Waals surface area (Å²) in [5.41, 5.74) is 7.05. The van der Waals surface area contributed by atoms with Crippen LogP contribution in [0.4, 0.5) is 5.82 Å². The molecule has 0 aromatic carbocycles. The molecule has 0 spiro atoms. The van der Waals surface area contributed by atoms with Crippen LogP contribution in [0.15, 0.2) is 0 Å². The lowest BCUT2D eigenvalue weighted by Gasteiger charge is -2.03. The summed E-state index contributed by atoms with van der Waals surface area (Å²) in [4.78, 5) is 4.55. The fraction of sp³-hybridized carbons (Fsp3) is 0.583. The molecule has 16 heavy (non-hydrogen) atoms. The van der Waals surface area contributed by atoms with E-state index < -0.39 is 0 Å². The molecule has 1 heterocycles. The van der Waals surface area contributed by atoms with E-state index in [0.29, 0.717) is 6.54 Å². The SMILES string of the molecule is C#CCn1c(CC)nc(CCCSC)c1N. The normalized spacial score (nSPS) is 10.3. The lowest BCUT2D eigenvalue weighted by Crippen LogP contribution is -2.06. The number of thioether (sulfide) groups is 1. The molecule has 88 valence electrons. The van der Waals surface area contributed by atoms with Crippen molar-refractivity contribution in [1.29, 1.82) is 0 Å². The number of nitrogens with two attached hydrogens (primary N) is 1. The summed E-state index contributed by atoms with van der Waals surface area (Å²) >= 11 is 1.85. The van der Waals surface area contributed by atoms with Crippen molar-refractivity contribution < 1.29 is 0 Å². The second-order valence-corrected chi connectivity index (χ2v) is 4.59. The molecule has 0 fully saturated rings. The van der Waals surface area contributed by atoms with E-state index in [0.717, 1.165) is 42.4 Å². The first-order valence-corrected chi connectivity index (χ1v) is 6.90. The third kappa shape index (κ3) is 2.96. The van der Waals surface area contributed by atoms with Crippen LogP contribution in [-0.2, 0) is 19.4 Å².